The molecule has 1 aromatic heterocycles. The lowest BCUT2D eigenvalue weighted by Crippen LogP contribution is -2.37. The smallest absolute Gasteiger partial charge is 0.271 e. The molecule has 0 bridgehead atoms. The molecular weight excluding hydrogens is 286 g/mol. The highest BCUT2D eigenvalue weighted by molar-refractivity contribution is 5.45. The number of morpholine rings is 1. The van der Waals surface area contributed by atoms with Crippen molar-refractivity contribution in [3.8, 4) is 11.9 Å². The maximum atomic E-state index is 12.3. The molecule has 1 aliphatic rings. The molecule has 0 aliphatic carbocycles. The second kappa shape index (κ2) is 6.92. The van der Waals surface area contributed by atoms with Crippen LogP contribution in [0.5, 0.6) is 5.88 Å². The third kappa shape index (κ3) is 3.30. The van der Waals surface area contributed by atoms with Gasteiger partial charge in [0.25, 0.3) is 5.56 Å². The van der Waals surface area contributed by atoms with Crippen LogP contribution in [-0.4, -0.2) is 52.1 Å². The Morgan fingerprint density at radius 3 is 2.59 bits per heavy atom. The lowest BCUT2D eigenvalue weighted by atomic mass is 10.0. The quantitative estimate of drug-likeness (QED) is 0.809. The molecular formula is C15H21N3O4. The molecule has 7 nitrogen and oxygen atoms in total. The fraction of sp³-hybridized carbons (Fsp3) is 0.600. The van der Waals surface area contributed by atoms with Crippen molar-refractivity contribution in [2.45, 2.75) is 33.0 Å². The highest BCUT2D eigenvalue weighted by atomic mass is 16.5. The molecule has 0 aromatic carbocycles. The Morgan fingerprint density at radius 2 is 2.05 bits per heavy atom. The Bertz CT molecular complexity index is 640. The van der Waals surface area contributed by atoms with Crippen LogP contribution in [0, 0.1) is 18.3 Å². The first-order chi connectivity index (χ1) is 10.5. The average molecular weight is 307 g/mol. The summed E-state index contributed by atoms with van der Waals surface area (Å²) in [6, 6.07) is 1.91. The third-order valence-corrected chi connectivity index (χ3v) is 3.86. The van der Waals surface area contributed by atoms with Crippen LogP contribution in [0.4, 0.5) is 0 Å². The van der Waals surface area contributed by atoms with E-state index in [4.69, 9.17) is 4.74 Å². The second-order valence-corrected chi connectivity index (χ2v) is 5.57. The molecule has 0 spiro atoms. The fourth-order valence-electron chi connectivity index (χ4n) is 2.61. The summed E-state index contributed by atoms with van der Waals surface area (Å²) >= 11 is 0. The van der Waals surface area contributed by atoms with E-state index in [1.165, 1.54) is 6.92 Å². The molecule has 0 radical (unpaired) electrons. The minimum Gasteiger partial charge on any atom is -0.494 e. The number of aliphatic hydroxyl groups excluding tert-OH is 1. The van der Waals surface area contributed by atoms with Crippen LogP contribution in [0.1, 0.15) is 23.6 Å². The molecule has 2 heterocycles. The maximum Gasteiger partial charge on any atom is 0.271 e. The first-order valence-electron chi connectivity index (χ1n) is 7.29. The van der Waals surface area contributed by atoms with E-state index in [2.05, 4.69) is 4.90 Å². The molecule has 1 aromatic rings. The molecule has 2 rings (SSSR count). The van der Waals surface area contributed by atoms with Crippen molar-refractivity contribution in [1.82, 2.24) is 9.47 Å². The van der Waals surface area contributed by atoms with E-state index in [-0.39, 0.29) is 18.0 Å². The lowest BCUT2D eigenvalue weighted by Gasteiger charge is -2.28. The number of hydrogen-bond donors (Lipinski definition) is 2. The molecule has 120 valence electrons. The summed E-state index contributed by atoms with van der Waals surface area (Å²) in [4.78, 5) is 14.4. The Hall–Kier alpha value is -1.88. The first-order valence-corrected chi connectivity index (χ1v) is 7.29. The molecule has 1 atom stereocenters. The van der Waals surface area contributed by atoms with Crippen LogP contribution in [0.2, 0.25) is 0 Å². The van der Waals surface area contributed by atoms with E-state index >= 15 is 0 Å². The fourth-order valence-corrected chi connectivity index (χ4v) is 2.61. The lowest BCUT2D eigenvalue weighted by molar-refractivity contribution is 0.0336. The zero-order valence-corrected chi connectivity index (χ0v) is 12.9. The summed E-state index contributed by atoms with van der Waals surface area (Å²) in [6.45, 7) is 6.30. The van der Waals surface area contributed by atoms with E-state index in [9.17, 15) is 20.3 Å². The Balaban J connectivity index is 2.47. The number of rotatable bonds is 4. The highest BCUT2D eigenvalue weighted by Gasteiger charge is 2.22. The number of aromatic hydroxyl groups is 1. The summed E-state index contributed by atoms with van der Waals surface area (Å²) in [6.07, 6.45) is -0.797. The van der Waals surface area contributed by atoms with E-state index in [0.717, 1.165) is 17.7 Å². The number of nitriles is 1. The van der Waals surface area contributed by atoms with Gasteiger partial charge in [0.1, 0.15) is 11.6 Å². The Morgan fingerprint density at radius 1 is 1.41 bits per heavy atom. The molecule has 22 heavy (non-hydrogen) atoms. The number of aliphatic hydroxyl groups is 1. The van der Waals surface area contributed by atoms with Crippen molar-refractivity contribution < 1.29 is 14.9 Å². The van der Waals surface area contributed by atoms with Gasteiger partial charge in [-0.1, -0.05) is 0 Å². The van der Waals surface area contributed by atoms with Gasteiger partial charge < -0.3 is 14.9 Å². The minimum absolute atomic E-state index is 0.0155. The van der Waals surface area contributed by atoms with E-state index in [0.29, 0.717) is 30.9 Å². The van der Waals surface area contributed by atoms with Gasteiger partial charge in [-0.25, -0.2) is 0 Å². The molecule has 1 aliphatic heterocycles. The normalized spacial score (nSPS) is 17.2. The zero-order valence-electron chi connectivity index (χ0n) is 12.9. The topological polar surface area (TPSA) is 98.7 Å². The largest absolute Gasteiger partial charge is 0.494 e. The van der Waals surface area contributed by atoms with Gasteiger partial charge in [-0.05, 0) is 19.4 Å². The van der Waals surface area contributed by atoms with E-state index < -0.39 is 11.7 Å². The van der Waals surface area contributed by atoms with Crippen molar-refractivity contribution in [2.75, 3.05) is 26.3 Å². The molecule has 0 saturated carbocycles. The number of nitrogens with zero attached hydrogens (tertiary/aromatic N) is 3. The molecule has 2 N–H and O–H groups in total. The van der Waals surface area contributed by atoms with Crippen LogP contribution < -0.4 is 5.56 Å². The predicted octanol–water partition coefficient (Wildman–Crippen LogP) is -0.0530. The van der Waals surface area contributed by atoms with Crippen LogP contribution >= 0.6 is 0 Å². The molecule has 7 heteroatoms. The standard InChI is InChI=1S/C15H21N3O4/c1-10(19)8-18-14(20)12(7-16)11(2)13(15(18)21)9-17-3-5-22-6-4-17/h10,19,21H,3-6,8-9H2,1-2H3. The molecule has 1 unspecified atom stereocenters. The SMILES string of the molecule is Cc1c(CN2CCOCC2)c(O)n(CC(C)O)c(=O)c1C#N. The Kier molecular flexibility index (Phi) is 5.19. The van der Waals surface area contributed by atoms with Gasteiger partial charge in [0, 0.05) is 25.2 Å². The first kappa shape index (κ1) is 16.5. The molecule has 0 amide bonds. The summed E-state index contributed by atoms with van der Waals surface area (Å²) in [5.74, 6) is -0.172. The van der Waals surface area contributed by atoms with Crippen LogP contribution in [0.3, 0.4) is 0 Å². The molecule has 1 fully saturated rings. The predicted molar refractivity (Wildman–Crippen MR) is 79.6 cm³/mol. The van der Waals surface area contributed by atoms with Crippen LogP contribution in [0.25, 0.3) is 0 Å². The number of ether oxygens (including phenoxy) is 1. The van der Waals surface area contributed by atoms with Gasteiger partial charge >= 0.3 is 0 Å². The summed E-state index contributed by atoms with van der Waals surface area (Å²) in [5.41, 5.74) is 0.503. The maximum absolute atomic E-state index is 12.3. The van der Waals surface area contributed by atoms with Crippen LogP contribution in [-0.2, 0) is 17.8 Å². The zero-order chi connectivity index (χ0) is 16.3. The summed E-state index contributed by atoms with van der Waals surface area (Å²) < 4.78 is 6.37. The highest BCUT2D eigenvalue weighted by Crippen LogP contribution is 2.24. The van der Waals surface area contributed by atoms with Crippen molar-refractivity contribution in [2.24, 2.45) is 0 Å². The van der Waals surface area contributed by atoms with Crippen molar-refractivity contribution in [3.05, 3.63) is 27.0 Å². The van der Waals surface area contributed by atoms with Gasteiger partial charge in [-0.15, -0.1) is 0 Å². The van der Waals surface area contributed by atoms with Crippen LogP contribution in [0.15, 0.2) is 4.79 Å². The van der Waals surface area contributed by atoms with Crippen molar-refractivity contribution in [3.63, 3.8) is 0 Å². The monoisotopic (exact) mass is 307 g/mol. The van der Waals surface area contributed by atoms with E-state index in [1.54, 1.807) is 6.92 Å². The second-order valence-electron chi connectivity index (χ2n) is 5.57. The third-order valence-electron chi connectivity index (χ3n) is 3.86. The Labute approximate surface area is 129 Å². The van der Waals surface area contributed by atoms with Gasteiger partial charge in [-0.3, -0.25) is 14.3 Å². The van der Waals surface area contributed by atoms with Crippen molar-refractivity contribution in [1.29, 1.82) is 5.26 Å². The van der Waals surface area contributed by atoms with Gasteiger partial charge in [0.15, 0.2) is 5.88 Å². The average Bonchev–Trinajstić information content (AvgIpc) is 2.49. The minimum atomic E-state index is -0.797. The van der Waals surface area contributed by atoms with Crippen molar-refractivity contribution >= 4 is 0 Å². The van der Waals surface area contributed by atoms with Gasteiger partial charge in [-0.2, -0.15) is 5.26 Å². The summed E-state index contributed by atoms with van der Waals surface area (Å²) in [5, 5.41) is 29.2. The summed E-state index contributed by atoms with van der Waals surface area (Å²) in [7, 11) is 0. The number of hydrogen-bond acceptors (Lipinski definition) is 6. The number of pyridine rings is 1. The van der Waals surface area contributed by atoms with E-state index in [1.807, 2.05) is 6.07 Å². The number of aromatic nitrogens is 1. The van der Waals surface area contributed by atoms with Gasteiger partial charge in [0.05, 0.1) is 25.9 Å². The van der Waals surface area contributed by atoms with Gasteiger partial charge in [0.2, 0.25) is 0 Å². The molecule has 1 saturated heterocycles.